The molecule has 5 heteroatoms. The third-order valence-electron chi connectivity index (χ3n) is 3.83. The fourth-order valence-corrected chi connectivity index (χ4v) is 5.65. The van der Waals surface area contributed by atoms with Gasteiger partial charge in [-0.2, -0.15) is 23.5 Å². The van der Waals surface area contributed by atoms with E-state index in [0.29, 0.717) is 21.8 Å². The zero-order valence-corrected chi connectivity index (χ0v) is 14.4. The molecule has 0 spiro atoms. The predicted octanol–water partition coefficient (Wildman–Crippen LogP) is 4.24. The first kappa shape index (κ1) is 16.5. The molecule has 1 aromatic carbocycles. The average Bonchev–Trinajstić information content (AvgIpc) is 2.43. The first-order valence-electron chi connectivity index (χ1n) is 6.89. The van der Waals surface area contributed by atoms with Crippen LogP contribution in [0.3, 0.4) is 0 Å². The predicted molar refractivity (Wildman–Crippen MR) is 90.7 cm³/mol. The van der Waals surface area contributed by atoms with Crippen LogP contribution < -0.4 is 5.32 Å². The number of likely N-dealkylation sites (N-methyl/N-ethyl adjacent to an activating group) is 1. The molecule has 112 valence electrons. The van der Waals surface area contributed by atoms with E-state index in [-0.39, 0.29) is 10.8 Å². The zero-order chi connectivity index (χ0) is 14.7. The molecule has 1 aromatic rings. The van der Waals surface area contributed by atoms with E-state index in [1.54, 1.807) is 12.1 Å². The van der Waals surface area contributed by atoms with Gasteiger partial charge in [0.15, 0.2) is 0 Å². The second-order valence-electron chi connectivity index (χ2n) is 5.27. The second-order valence-corrected chi connectivity index (χ2v) is 8.70. The van der Waals surface area contributed by atoms with Crippen molar-refractivity contribution in [2.24, 2.45) is 0 Å². The Labute approximate surface area is 134 Å². The molecule has 20 heavy (non-hydrogen) atoms. The Bertz CT molecular complexity index is 457. The summed E-state index contributed by atoms with van der Waals surface area (Å²) in [5.74, 6) is 0.823. The SMILES string of the molecule is CNC(Cc1ccc(Cl)c(F)c1)C1CSC(C)C(C)S1. The number of halogens is 2. The highest BCUT2D eigenvalue weighted by Crippen LogP contribution is 2.37. The Morgan fingerprint density at radius 2 is 2.15 bits per heavy atom. The highest BCUT2D eigenvalue weighted by molar-refractivity contribution is 8.07. The molecule has 1 saturated heterocycles. The van der Waals surface area contributed by atoms with Gasteiger partial charge >= 0.3 is 0 Å². The summed E-state index contributed by atoms with van der Waals surface area (Å²) in [6, 6.07) is 5.48. The van der Waals surface area contributed by atoms with Crippen LogP contribution in [0.25, 0.3) is 0 Å². The van der Waals surface area contributed by atoms with Crippen LogP contribution in [-0.4, -0.2) is 34.6 Å². The number of benzene rings is 1. The van der Waals surface area contributed by atoms with E-state index < -0.39 is 0 Å². The quantitative estimate of drug-likeness (QED) is 0.885. The Hall–Kier alpha value is 0.1000. The first-order chi connectivity index (χ1) is 9.51. The summed E-state index contributed by atoms with van der Waals surface area (Å²) in [6.07, 6.45) is 0.837. The van der Waals surface area contributed by atoms with Crippen molar-refractivity contribution in [3.05, 3.63) is 34.6 Å². The van der Waals surface area contributed by atoms with Gasteiger partial charge in [-0.25, -0.2) is 4.39 Å². The van der Waals surface area contributed by atoms with E-state index in [1.807, 2.05) is 24.9 Å². The minimum Gasteiger partial charge on any atom is -0.316 e. The van der Waals surface area contributed by atoms with Crippen molar-refractivity contribution in [2.45, 2.75) is 42.1 Å². The lowest BCUT2D eigenvalue weighted by Gasteiger charge is -2.36. The largest absolute Gasteiger partial charge is 0.316 e. The van der Waals surface area contributed by atoms with Crippen molar-refractivity contribution in [2.75, 3.05) is 12.8 Å². The number of rotatable bonds is 4. The smallest absolute Gasteiger partial charge is 0.142 e. The monoisotopic (exact) mass is 333 g/mol. The highest BCUT2D eigenvalue weighted by Gasteiger charge is 2.30. The van der Waals surface area contributed by atoms with Gasteiger partial charge in [0.05, 0.1) is 5.02 Å². The summed E-state index contributed by atoms with van der Waals surface area (Å²) in [6.45, 7) is 4.59. The third kappa shape index (κ3) is 4.06. The van der Waals surface area contributed by atoms with Gasteiger partial charge in [-0.15, -0.1) is 0 Å². The van der Waals surface area contributed by atoms with Crippen molar-refractivity contribution in [1.82, 2.24) is 5.32 Å². The standard InChI is InChI=1S/C15H21ClFNS2/c1-9-10(2)20-15(8-19-9)14(18-3)7-11-4-5-12(16)13(17)6-11/h4-6,9-10,14-15,18H,7-8H2,1-3H3. The molecule has 1 heterocycles. The Morgan fingerprint density at radius 1 is 1.40 bits per heavy atom. The summed E-state index contributed by atoms with van der Waals surface area (Å²) in [5.41, 5.74) is 1.00. The van der Waals surface area contributed by atoms with Gasteiger partial charge in [0, 0.05) is 27.5 Å². The van der Waals surface area contributed by atoms with Crippen molar-refractivity contribution in [1.29, 1.82) is 0 Å². The highest BCUT2D eigenvalue weighted by atomic mass is 35.5. The zero-order valence-electron chi connectivity index (χ0n) is 12.0. The van der Waals surface area contributed by atoms with Crippen LogP contribution in [-0.2, 0) is 6.42 Å². The fraction of sp³-hybridized carbons (Fsp3) is 0.600. The maximum absolute atomic E-state index is 13.5. The topological polar surface area (TPSA) is 12.0 Å². The lowest BCUT2D eigenvalue weighted by atomic mass is 10.0. The normalized spacial score (nSPS) is 28.4. The molecule has 2 rings (SSSR count). The Balaban J connectivity index is 2.03. The summed E-state index contributed by atoms with van der Waals surface area (Å²) in [5, 5.41) is 5.53. The fourth-order valence-electron chi connectivity index (χ4n) is 2.36. The van der Waals surface area contributed by atoms with E-state index >= 15 is 0 Å². The Morgan fingerprint density at radius 3 is 2.75 bits per heavy atom. The van der Waals surface area contributed by atoms with E-state index in [0.717, 1.165) is 17.7 Å². The van der Waals surface area contributed by atoms with Gasteiger partial charge in [-0.1, -0.05) is 31.5 Å². The molecule has 1 nitrogen and oxygen atoms in total. The van der Waals surface area contributed by atoms with Crippen LogP contribution in [0.15, 0.2) is 18.2 Å². The minimum absolute atomic E-state index is 0.194. The molecule has 0 aromatic heterocycles. The number of nitrogens with one attached hydrogen (secondary N) is 1. The molecular weight excluding hydrogens is 313 g/mol. The molecule has 0 radical (unpaired) electrons. The Kier molecular flexibility index (Phi) is 6.09. The molecule has 1 fully saturated rings. The van der Waals surface area contributed by atoms with E-state index in [2.05, 4.69) is 30.9 Å². The average molecular weight is 334 g/mol. The van der Waals surface area contributed by atoms with Crippen molar-refractivity contribution in [3.63, 3.8) is 0 Å². The van der Waals surface area contributed by atoms with Crippen LogP contribution >= 0.6 is 35.1 Å². The number of hydrogen-bond donors (Lipinski definition) is 1. The second kappa shape index (κ2) is 7.39. The van der Waals surface area contributed by atoms with Crippen molar-refractivity contribution < 1.29 is 4.39 Å². The number of hydrogen-bond acceptors (Lipinski definition) is 3. The molecule has 0 saturated carbocycles. The van der Waals surface area contributed by atoms with Crippen molar-refractivity contribution in [3.8, 4) is 0 Å². The lowest BCUT2D eigenvalue weighted by molar-refractivity contribution is 0.550. The molecule has 1 N–H and O–H groups in total. The van der Waals surface area contributed by atoms with Crippen LogP contribution in [0, 0.1) is 5.82 Å². The molecule has 0 aliphatic carbocycles. The van der Waals surface area contributed by atoms with Crippen LogP contribution in [0.2, 0.25) is 5.02 Å². The molecule has 1 aliphatic rings. The van der Waals surface area contributed by atoms with Gasteiger partial charge < -0.3 is 5.32 Å². The number of thioether (sulfide) groups is 2. The minimum atomic E-state index is -0.327. The van der Waals surface area contributed by atoms with Gasteiger partial charge in [-0.3, -0.25) is 0 Å². The first-order valence-corrected chi connectivity index (χ1v) is 9.26. The van der Waals surface area contributed by atoms with E-state index in [9.17, 15) is 4.39 Å². The molecular formula is C15H21ClFNS2. The van der Waals surface area contributed by atoms with Gasteiger partial charge in [0.1, 0.15) is 5.82 Å². The van der Waals surface area contributed by atoms with Gasteiger partial charge in [-0.05, 0) is 31.2 Å². The van der Waals surface area contributed by atoms with Crippen LogP contribution in [0.1, 0.15) is 19.4 Å². The van der Waals surface area contributed by atoms with Gasteiger partial charge in [0.25, 0.3) is 0 Å². The summed E-state index contributed by atoms with van der Waals surface area (Å²) in [4.78, 5) is 0. The van der Waals surface area contributed by atoms with Crippen molar-refractivity contribution >= 4 is 35.1 Å². The molecule has 1 aliphatic heterocycles. The lowest BCUT2D eigenvalue weighted by Crippen LogP contribution is -2.43. The van der Waals surface area contributed by atoms with Crippen LogP contribution in [0.5, 0.6) is 0 Å². The summed E-state index contributed by atoms with van der Waals surface area (Å²) < 4.78 is 13.5. The third-order valence-corrected chi connectivity index (χ3v) is 7.69. The molecule has 4 unspecified atom stereocenters. The van der Waals surface area contributed by atoms with Crippen LogP contribution in [0.4, 0.5) is 4.39 Å². The summed E-state index contributed by atoms with van der Waals surface area (Å²) in [7, 11) is 1.99. The molecule has 0 amide bonds. The van der Waals surface area contributed by atoms with E-state index in [1.165, 1.54) is 0 Å². The van der Waals surface area contributed by atoms with E-state index in [4.69, 9.17) is 11.6 Å². The maximum atomic E-state index is 13.5. The van der Waals surface area contributed by atoms with Gasteiger partial charge in [0.2, 0.25) is 0 Å². The summed E-state index contributed by atoms with van der Waals surface area (Å²) >= 11 is 9.83. The molecule has 4 atom stereocenters. The maximum Gasteiger partial charge on any atom is 0.142 e. The molecule has 0 bridgehead atoms.